The Hall–Kier alpha value is -2.37. The predicted octanol–water partition coefficient (Wildman–Crippen LogP) is 2.48. The minimum absolute atomic E-state index is 0.107. The van der Waals surface area contributed by atoms with E-state index in [0.29, 0.717) is 5.92 Å². The summed E-state index contributed by atoms with van der Waals surface area (Å²) >= 11 is 0. The van der Waals surface area contributed by atoms with Gasteiger partial charge in [-0.15, -0.1) is 0 Å². The maximum atomic E-state index is 13.9. The summed E-state index contributed by atoms with van der Waals surface area (Å²) in [5, 5.41) is 7.80. The Kier molecular flexibility index (Phi) is 4.19. The molecule has 25 heavy (non-hydrogen) atoms. The summed E-state index contributed by atoms with van der Waals surface area (Å²) in [5.74, 6) is 1.56. The van der Waals surface area contributed by atoms with Crippen LogP contribution in [0.5, 0.6) is 0 Å². The lowest BCUT2D eigenvalue weighted by Gasteiger charge is -2.22. The molecule has 0 amide bonds. The lowest BCUT2D eigenvalue weighted by Crippen LogP contribution is -2.41. The van der Waals surface area contributed by atoms with E-state index in [9.17, 15) is 4.39 Å². The molecule has 1 aromatic carbocycles. The second-order valence-corrected chi connectivity index (χ2v) is 7.04. The predicted molar refractivity (Wildman–Crippen MR) is 96.2 cm³/mol. The molecule has 132 valence electrons. The normalized spacial score (nSPS) is 26.1. The Balaban J connectivity index is 1.37. The lowest BCUT2D eigenvalue weighted by molar-refractivity contribution is 0.484. The van der Waals surface area contributed by atoms with E-state index in [2.05, 4.69) is 26.5 Å². The van der Waals surface area contributed by atoms with E-state index in [-0.39, 0.29) is 17.8 Å². The van der Waals surface area contributed by atoms with E-state index in [4.69, 9.17) is 0 Å². The molecule has 0 spiro atoms. The summed E-state index contributed by atoms with van der Waals surface area (Å²) in [7, 11) is 3.77. The third-order valence-corrected chi connectivity index (χ3v) is 5.31. The highest BCUT2D eigenvalue weighted by molar-refractivity contribution is 5.81. The molecule has 2 fully saturated rings. The second-order valence-electron chi connectivity index (χ2n) is 7.04. The minimum Gasteiger partial charge on any atom is -0.353 e. The zero-order chi connectivity index (χ0) is 17.4. The van der Waals surface area contributed by atoms with Crippen LogP contribution in [0.25, 0.3) is 0 Å². The molecule has 6 heteroatoms. The van der Waals surface area contributed by atoms with Gasteiger partial charge in [-0.25, -0.2) is 4.39 Å². The third-order valence-electron chi connectivity index (χ3n) is 5.31. The minimum atomic E-state index is -0.107. The number of benzene rings is 1. The number of halogens is 1. The molecule has 1 aromatic heterocycles. The summed E-state index contributed by atoms with van der Waals surface area (Å²) in [5.41, 5.74) is 2.10. The van der Waals surface area contributed by atoms with Crippen LogP contribution >= 0.6 is 0 Å². The van der Waals surface area contributed by atoms with Crippen molar-refractivity contribution in [2.45, 2.75) is 30.7 Å². The number of aliphatic imine (C=N–C) groups is 1. The zero-order valence-electron chi connectivity index (χ0n) is 14.7. The number of hydrogen-bond acceptors (Lipinski definition) is 2. The Morgan fingerprint density at radius 1 is 1.36 bits per heavy atom. The molecule has 2 heterocycles. The van der Waals surface area contributed by atoms with Crippen LogP contribution in [-0.4, -0.2) is 46.8 Å². The Labute approximate surface area is 147 Å². The van der Waals surface area contributed by atoms with Gasteiger partial charge in [0.1, 0.15) is 5.82 Å². The summed E-state index contributed by atoms with van der Waals surface area (Å²) in [6.07, 6.45) is 6.12. The van der Waals surface area contributed by atoms with Gasteiger partial charge in [0.05, 0.1) is 6.20 Å². The number of nitrogens with zero attached hydrogens (tertiary/aromatic N) is 4. The molecule has 5 nitrogen and oxygen atoms in total. The summed E-state index contributed by atoms with van der Waals surface area (Å²) in [6, 6.07) is 7.34. The maximum absolute atomic E-state index is 13.9. The Bertz CT molecular complexity index is 784. The average molecular weight is 341 g/mol. The second kappa shape index (κ2) is 6.50. The van der Waals surface area contributed by atoms with Crippen molar-refractivity contribution in [1.82, 2.24) is 20.0 Å². The highest BCUT2D eigenvalue weighted by atomic mass is 19.1. The van der Waals surface area contributed by atoms with Gasteiger partial charge in [0.2, 0.25) is 0 Å². The molecule has 0 bridgehead atoms. The summed E-state index contributed by atoms with van der Waals surface area (Å²) < 4.78 is 15.8. The topological polar surface area (TPSA) is 45.5 Å². The van der Waals surface area contributed by atoms with Crippen LogP contribution in [0.3, 0.4) is 0 Å². The highest BCUT2D eigenvalue weighted by Crippen LogP contribution is 2.42. The van der Waals surface area contributed by atoms with Crippen molar-refractivity contribution >= 4 is 5.96 Å². The van der Waals surface area contributed by atoms with Gasteiger partial charge in [-0.1, -0.05) is 18.2 Å². The standard InChI is InChI=1S/C19H24FN5/c1-21-19(23-18-9-16(18)15-5-3-4-6-17(15)20)25-8-7-13(12-25)14-10-22-24(2)11-14/h3-6,10-11,13,16,18H,7-9,12H2,1-2H3,(H,21,23). The first-order chi connectivity index (χ1) is 12.2. The van der Waals surface area contributed by atoms with E-state index < -0.39 is 0 Å². The van der Waals surface area contributed by atoms with Crippen LogP contribution in [0.2, 0.25) is 0 Å². The SMILES string of the molecule is CN=C(NC1CC1c1ccccc1F)N1CCC(c2cnn(C)c2)C1. The van der Waals surface area contributed by atoms with Crippen molar-refractivity contribution in [3.05, 3.63) is 53.6 Å². The first-order valence-electron chi connectivity index (χ1n) is 8.87. The molecule has 1 saturated heterocycles. The number of rotatable bonds is 3. The number of likely N-dealkylation sites (tertiary alicyclic amines) is 1. The first-order valence-corrected chi connectivity index (χ1v) is 8.87. The van der Waals surface area contributed by atoms with E-state index in [0.717, 1.165) is 37.5 Å². The molecule has 2 aromatic rings. The van der Waals surface area contributed by atoms with Gasteiger partial charge in [0, 0.05) is 51.3 Å². The number of hydrogen-bond donors (Lipinski definition) is 1. The fourth-order valence-electron chi connectivity index (χ4n) is 3.81. The van der Waals surface area contributed by atoms with Gasteiger partial charge in [0.25, 0.3) is 0 Å². The molecule has 3 unspecified atom stereocenters. The lowest BCUT2D eigenvalue weighted by atomic mass is 10.0. The number of guanidine groups is 1. The molecule has 0 radical (unpaired) electrons. The van der Waals surface area contributed by atoms with Crippen LogP contribution in [0.1, 0.15) is 35.8 Å². The molecule has 1 aliphatic carbocycles. The van der Waals surface area contributed by atoms with E-state index in [1.165, 1.54) is 5.56 Å². The van der Waals surface area contributed by atoms with Gasteiger partial charge in [-0.2, -0.15) is 5.10 Å². The van der Waals surface area contributed by atoms with Crippen molar-refractivity contribution in [1.29, 1.82) is 0 Å². The molecule has 1 aliphatic heterocycles. The largest absolute Gasteiger partial charge is 0.353 e. The van der Waals surface area contributed by atoms with Crippen LogP contribution in [-0.2, 0) is 7.05 Å². The number of aromatic nitrogens is 2. The molecular formula is C19H24FN5. The fourth-order valence-corrected chi connectivity index (χ4v) is 3.81. The average Bonchev–Trinajstić information content (AvgIpc) is 2.99. The Morgan fingerprint density at radius 2 is 2.20 bits per heavy atom. The summed E-state index contributed by atoms with van der Waals surface area (Å²) in [6.45, 7) is 1.93. The molecule has 1 N–H and O–H groups in total. The van der Waals surface area contributed by atoms with Crippen molar-refractivity contribution in [2.24, 2.45) is 12.0 Å². The van der Waals surface area contributed by atoms with Gasteiger partial charge in [0.15, 0.2) is 5.96 Å². The fraction of sp³-hybridized carbons (Fsp3) is 0.474. The van der Waals surface area contributed by atoms with Gasteiger partial charge in [-0.05, 0) is 30.0 Å². The molecular weight excluding hydrogens is 317 g/mol. The van der Waals surface area contributed by atoms with Crippen LogP contribution in [0.4, 0.5) is 4.39 Å². The Morgan fingerprint density at radius 3 is 2.92 bits per heavy atom. The summed E-state index contributed by atoms with van der Waals surface area (Å²) in [4.78, 5) is 6.75. The van der Waals surface area contributed by atoms with Crippen LogP contribution < -0.4 is 5.32 Å². The molecule has 1 saturated carbocycles. The molecule has 4 rings (SSSR count). The third kappa shape index (κ3) is 3.25. The quantitative estimate of drug-likeness (QED) is 0.689. The van der Waals surface area contributed by atoms with Gasteiger partial charge in [-0.3, -0.25) is 9.67 Å². The van der Waals surface area contributed by atoms with Crippen molar-refractivity contribution in [3.8, 4) is 0 Å². The van der Waals surface area contributed by atoms with E-state index in [1.54, 1.807) is 12.1 Å². The monoisotopic (exact) mass is 341 g/mol. The molecule has 2 aliphatic rings. The smallest absolute Gasteiger partial charge is 0.193 e. The van der Waals surface area contributed by atoms with E-state index in [1.807, 2.05) is 37.1 Å². The van der Waals surface area contributed by atoms with Gasteiger partial charge >= 0.3 is 0 Å². The number of aryl methyl sites for hydroxylation is 1. The first kappa shape index (κ1) is 16.1. The van der Waals surface area contributed by atoms with E-state index >= 15 is 0 Å². The van der Waals surface area contributed by atoms with Gasteiger partial charge < -0.3 is 10.2 Å². The van der Waals surface area contributed by atoms with Crippen molar-refractivity contribution < 1.29 is 4.39 Å². The maximum Gasteiger partial charge on any atom is 0.193 e. The van der Waals surface area contributed by atoms with Crippen LogP contribution in [0.15, 0.2) is 41.7 Å². The highest BCUT2D eigenvalue weighted by Gasteiger charge is 2.41. The van der Waals surface area contributed by atoms with Crippen LogP contribution in [0, 0.1) is 5.82 Å². The van der Waals surface area contributed by atoms with Crippen molar-refractivity contribution in [2.75, 3.05) is 20.1 Å². The molecule has 3 atom stereocenters. The number of nitrogens with one attached hydrogen (secondary N) is 1. The van der Waals surface area contributed by atoms with Crippen molar-refractivity contribution in [3.63, 3.8) is 0 Å². The zero-order valence-corrected chi connectivity index (χ0v) is 14.7.